The lowest BCUT2D eigenvalue weighted by Crippen LogP contribution is -2.48. The van der Waals surface area contributed by atoms with Crippen molar-refractivity contribution in [2.45, 2.75) is 18.9 Å². The van der Waals surface area contributed by atoms with Gasteiger partial charge in [-0.1, -0.05) is 18.2 Å². The van der Waals surface area contributed by atoms with Gasteiger partial charge in [-0.05, 0) is 18.6 Å². The minimum atomic E-state index is -1.25. The third-order valence-corrected chi connectivity index (χ3v) is 2.53. The Morgan fingerprint density at radius 3 is 2.16 bits per heavy atom. The summed E-state index contributed by atoms with van der Waals surface area (Å²) in [5.41, 5.74) is 10.6. The third-order valence-electron chi connectivity index (χ3n) is 2.53. The van der Waals surface area contributed by atoms with Crippen LogP contribution in [0.4, 0.5) is 10.5 Å². The highest BCUT2D eigenvalue weighted by Gasteiger charge is 2.29. The highest BCUT2D eigenvalue weighted by molar-refractivity contribution is 5.97. The minimum absolute atomic E-state index is 0.0947. The number of rotatable bonds is 6. The summed E-state index contributed by atoms with van der Waals surface area (Å²) in [6.07, 6.45) is -0.240. The average Bonchev–Trinajstić information content (AvgIpc) is 2.34. The van der Waals surface area contributed by atoms with Crippen LogP contribution in [-0.2, 0) is 9.59 Å². The maximum Gasteiger partial charge on any atom is 0.326 e. The molecule has 1 aromatic rings. The first-order chi connectivity index (χ1) is 8.93. The number of benzene rings is 1. The molecule has 102 valence electrons. The first-order valence-electron chi connectivity index (χ1n) is 5.58. The Morgan fingerprint density at radius 2 is 1.74 bits per heavy atom. The van der Waals surface area contributed by atoms with Crippen molar-refractivity contribution < 1.29 is 19.5 Å². The second-order valence-electron chi connectivity index (χ2n) is 3.90. The number of para-hydroxylation sites is 1. The predicted molar refractivity (Wildman–Crippen MR) is 68.4 cm³/mol. The van der Waals surface area contributed by atoms with Crippen LogP contribution in [0.5, 0.6) is 0 Å². The molecule has 0 aliphatic heterocycles. The maximum atomic E-state index is 11.5. The van der Waals surface area contributed by atoms with Crippen LogP contribution in [0.15, 0.2) is 30.3 Å². The molecule has 0 saturated carbocycles. The molecule has 0 saturated heterocycles. The topological polar surface area (TPSA) is 127 Å². The number of urea groups is 1. The number of nitrogens with zero attached hydrogens (tertiary/aromatic N) is 1. The van der Waals surface area contributed by atoms with Gasteiger partial charge in [-0.3, -0.25) is 9.69 Å². The Balaban J connectivity index is 3.03. The quantitative estimate of drug-likeness (QED) is 0.683. The van der Waals surface area contributed by atoms with E-state index in [9.17, 15) is 14.4 Å². The van der Waals surface area contributed by atoms with Gasteiger partial charge in [0.1, 0.15) is 6.04 Å². The van der Waals surface area contributed by atoms with Crippen LogP contribution < -0.4 is 16.4 Å². The number of carbonyl (C=O) groups excluding carboxylic acids is 2. The first-order valence-corrected chi connectivity index (χ1v) is 5.58. The van der Waals surface area contributed by atoms with Crippen molar-refractivity contribution in [3.8, 4) is 0 Å². The summed E-state index contributed by atoms with van der Waals surface area (Å²) >= 11 is 0. The lowest BCUT2D eigenvalue weighted by atomic mass is 10.1. The number of hydrogen-bond acceptors (Lipinski definition) is 3. The van der Waals surface area contributed by atoms with Crippen molar-refractivity contribution >= 4 is 23.6 Å². The first kappa shape index (κ1) is 14.5. The number of carbonyl (C=O) groups is 3. The number of nitrogens with two attached hydrogens (primary N) is 2. The van der Waals surface area contributed by atoms with Gasteiger partial charge in [-0.25, -0.2) is 9.59 Å². The highest BCUT2D eigenvalue weighted by Crippen LogP contribution is 2.19. The molecule has 0 unspecified atom stereocenters. The molecule has 19 heavy (non-hydrogen) atoms. The van der Waals surface area contributed by atoms with Crippen LogP contribution in [0.3, 0.4) is 0 Å². The summed E-state index contributed by atoms with van der Waals surface area (Å²) in [4.78, 5) is 34.4. The van der Waals surface area contributed by atoms with E-state index in [2.05, 4.69) is 0 Å². The number of primary amides is 2. The molecule has 0 fully saturated rings. The van der Waals surface area contributed by atoms with Gasteiger partial charge in [0.05, 0.1) is 0 Å². The Bertz CT molecular complexity index is 475. The molecule has 5 N–H and O–H groups in total. The second kappa shape index (κ2) is 6.39. The normalized spacial score (nSPS) is 11.6. The SMILES string of the molecule is NC(=O)CC[C@@H](C(=O)O)N(C(N)=O)c1ccccc1. The van der Waals surface area contributed by atoms with E-state index in [0.717, 1.165) is 4.90 Å². The monoisotopic (exact) mass is 265 g/mol. The molecule has 0 radical (unpaired) electrons. The Morgan fingerprint density at radius 1 is 1.16 bits per heavy atom. The molecule has 7 heteroatoms. The molecular weight excluding hydrogens is 250 g/mol. The summed E-state index contributed by atoms with van der Waals surface area (Å²) in [7, 11) is 0. The molecule has 0 heterocycles. The lowest BCUT2D eigenvalue weighted by Gasteiger charge is -2.27. The summed E-state index contributed by atoms with van der Waals surface area (Å²) in [5.74, 6) is -1.88. The van der Waals surface area contributed by atoms with Crippen LogP contribution in [0, 0.1) is 0 Å². The molecule has 0 aromatic heterocycles. The fraction of sp³-hybridized carbons (Fsp3) is 0.250. The molecule has 3 amide bonds. The number of carboxylic acids is 1. The van der Waals surface area contributed by atoms with Crippen LogP contribution in [0.25, 0.3) is 0 Å². The van der Waals surface area contributed by atoms with E-state index in [1.807, 2.05) is 0 Å². The van der Waals surface area contributed by atoms with Gasteiger partial charge in [0.2, 0.25) is 5.91 Å². The largest absolute Gasteiger partial charge is 0.480 e. The molecule has 0 bridgehead atoms. The zero-order valence-corrected chi connectivity index (χ0v) is 10.2. The standard InChI is InChI=1S/C12H15N3O4/c13-10(16)7-6-9(11(17)18)15(12(14)19)8-4-2-1-3-5-8/h1-5,9H,6-7H2,(H2,13,16)(H2,14,19)(H,17,18)/t9-/m0/s1. The van der Waals surface area contributed by atoms with Crippen molar-refractivity contribution in [3.63, 3.8) is 0 Å². The van der Waals surface area contributed by atoms with E-state index in [1.54, 1.807) is 30.3 Å². The van der Waals surface area contributed by atoms with Crippen LogP contribution in [-0.4, -0.2) is 29.1 Å². The van der Waals surface area contributed by atoms with Crippen molar-refractivity contribution in [1.82, 2.24) is 0 Å². The van der Waals surface area contributed by atoms with E-state index >= 15 is 0 Å². The van der Waals surface area contributed by atoms with Gasteiger partial charge in [0, 0.05) is 12.1 Å². The van der Waals surface area contributed by atoms with Gasteiger partial charge in [-0.15, -0.1) is 0 Å². The summed E-state index contributed by atoms with van der Waals surface area (Å²) in [6.45, 7) is 0. The number of hydrogen-bond donors (Lipinski definition) is 3. The minimum Gasteiger partial charge on any atom is -0.480 e. The van der Waals surface area contributed by atoms with Gasteiger partial charge in [-0.2, -0.15) is 0 Å². The van der Waals surface area contributed by atoms with E-state index in [0.29, 0.717) is 5.69 Å². The Kier molecular flexibility index (Phi) is 4.87. The van der Waals surface area contributed by atoms with Crippen molar-refractivity contribution in [1.29, 1.82) is 0 Å². The summed E-state index contributed by atoms with van der Waals surface area (Å²) < 4.78 is 0. The van der Waals surface area contributed by atoms with Crippen LogP contribution >= 0.6 is 0 Å². The lowest BCUT2D eigenvalue weighted by molar-refractivity contribution is -0.138. The third kappa shape index (κ3) is 3.98. The fourth-order valence-corrected chi connectivity index (χ4v) is 1.69. The molecule has 1 aromatic carbocycles. The van der Waals surface area contributed by atoms with Crippen molar-refractivity contribution in [2.75, 3.05) is 4.90 Å². The van der Waals surface area contributed by atoms with E-state index < -0.39 is 23.9 Å². The average molecular weight is 265 g/mol. The van der Waals surface area contributed by atoms with Gasteiger partial charge in [0.15, 0.2) is 0 Å². The second-order valence-corrected chi connectivity index (χ2v) is 3.90. The summed E-state index contributed by atoms with van der Waals surface area (Å²) in [6, 6.07) is 6.02. The van der Waals surface area contributed by atoms with E-state index in [-0.39, 0.29) is 12.8 Å². The molecule has 0 aliphatic rings. The molecule has 0 spiro atoms. The van der Waals surface area contributed by atoms with Gasteiger partial charge < -0.3 is 16.6 Å². The predicted octanol–water partition coefficient (Wildman–Crippen LogP) is 0.290. The maximum absolute atomic E-state index is 11.5. The summed E-state index contributed by atoms with van der Waals surface area (Å²) in [5, 5.41) is 9.17. The van der Waals surface area contributed by atoms with Gasteiger partial charge >= 0.3 is 12.0 Å². The zero-order valence-electron chi connectivity index (χ0n) is 10.2. The van der Waals surface area contributed by atoms with Crippen LogP contribution in [0.2, 0.25) is 0 Å². The molecule has 7 nitrogen and oxygen atoms in total. The molecule has 1 rings (SSSR count). The van der Waals surface area contributed by atoms with Crippen molar-refractivity contribution in [2.24, 2.45) is 11.5 Å². The fourth-order valence-electron chi connectivity index (χ4n) is 1.69. The molecule has 0 aliphatic carbocycles. The number of anilines is 1. The van der Waals surface area contributed by atoms with E-state index in [4.69, 9.17) is 16.6 Å². The van der Waals surface area contributed by atoms with E-state index in [1.165, 1.54) is 0 Å². The van der Waals surface area contributed by atoms with Crippen molar-refractivity contribution in [3.05, 3.63) is 30.3 Å². The smallest absolute Gasteiger partial charge is 0.326 e. The zero-order chi connectivity index (χ0) is 14.4. The molecule has 1 atom stereocenters. The Labute approximate surface area is 109 Å². The van der Waals surface area contributed by atoms with Gasteiger partial charge in [0.25, 0.3) is 0 Å². The van der Waals surface area contributed by atoms with Crippen LogP contribution in [0.1, 0.15) is 12.8 Å². The number of amides is 3. The Hall–Kier alpha value is -2.57. The molecular formula is C12H15N3O4. The highest BCUT2D eigenvalue weighted by atomic mass is 16.4. The number of aliphatic carboxylic acids is 1. The number of carboxylic acid groups (broad SMARTS) is 1.